The number of nitrogens with zero attached hydrogens (tertiary/aromatic N) is 1. The molecule has 82 valence electrons. The molecule has 2 nitrogen and oxygen atoms in total. The molecule has 2 aromatic rings. The van der Waals surface area contributed by atoms with Crippen LogP contribution in [0.3, 0.4) is 0 Å². The number of halogens is 1. The van der Waals surface area contributed by atoms with E-state index in [4.69, 9.17) is 11.6 Å². The van der Waals surface area contributed by atoms with Crippen LogP contribution in [0.1, 0.15) is 0 Å². The second kappa shape index (κ2) is 5.23. The minimum atomic E-state index is 0.491. The largest absolute Gasteiger partial charge is 0.355 e. The van der Waals surface area contributed by atoms with Crippen LogP contribution in [-0.2, 0) is 0 Å². The van der Waals surface area contributed by atoms with Crippen LogP contribution < -0.4 is 5.32 Å². The van der Waals surface area contributed by atoms with Gasteiger partial charge >= 0.3 is 0 Å². The summed E-state index contributed by atoms with van der Waals surface area (Å²) in [5.74, 6) is 0. The van der Waals surface area contributed by atoms with Crippen LogP contribution in [0.15, 0.2) is 47.5 Å². The van der Waals surface area contributed by atoms with Crippen molar-refractivity contribution in [3.63, 3.8) is 0 Å². The molecule has 0 radical (unpaired) electrons. The summed E-state index contributed by atoms with van der Waals surface area (Å²) in [5.41, 5.74) is 1.98. The molecule has 1 aromatic carbocycles. The van der Waals surface area contributed by atoms with Crippen LogP contribution in [0.4, 0.5) is 11.4 Å². The lowest BCUT2D eigenvalue weighted by molar-refractivity contribution is 1.32. The molecule has 16 heavy (non-hydrogen) atoms. The van der Waals surface area contributed by atoms with Crippen LogP contribution in [0, 0.1) is 0 Å². The maximum atomic E-state index is 5.80. The van der Waals surface area contributed by atoms with Gasteiger partial charge in [0.05, 0.1) is 0 Å². The van der Waals surface area contributed by atoms with Gasteiger partial charge in [0, 0.05) is 22.5 Å². The van der Waals surface area contributed by atoms with Crippen molar-refractivity contribution in [2.75, 3.05) is 11.6 Å². The summed E-state index contributed by atoms with van der Waals surface area (Å²) in [6.45, 7) is 0. The Hall–Kier alpha value is -1.19. The Labute approximate surface area is 104 Å². The zero-order valence-corrected chi connectivity index (χ0v) is 10.3. The molecule has 0 aliphatic carbocycles. The molecule has 1 heterocycles. The number of aromatic nitrogens is 1. The summed E-state index contributed by atoms with van der Waals surface area (Å²) < 4.78 is 0. The number of pyridine rings is 1. The van der Waals surface area contributed by atoms with E-state index in [0.717, 1.165) is 11.4 Å². The molecule has 4 heteroatoms. The van der Waals surface area contributed by atoms with Gasteiger partial charge in [0.2, 0.25) is 0 Å². The summed E-state index contributed by atoms with van der Waals surface area (Å²) in [7, 11) is 0. The van der Waals surface area contributed by atoms with Gasteiger partial charge in [-0.15, -0.1) is 11.8 Å². The number of anilines is 2. The molecule has 0 bridgehead atoms. The highest BCUT2D eigenvalue weighted by atomic mass is 35.5. The van der Waals surface area contributed by atoms with E-state index >= 15 is 0 Å². The van der Waals surface area contributed by atoms with E-state index in [1.807, 2.05) is 18.2 Å². The Morgan fingerprint density at radius 2 is 1.88 bits per heavy atom. The highest BCUT2D eigenvalue weighted by Gasteiger charge is 1.96. The summed E-state index contributed by atoms with van der Waals surface area (Å²) >= 11 is 7.53. The lowest BCUT2D eigenvalue weighted by Gasteiger charge is -2.06. The fraction of sp³-hybridized carbons (Fsp3) is 0.0833. The van der Waals surface area contributed by atoms with Gasteiger partial charge in [-0.25, -0.2) is 4.98 Å². The van der Waals surface area contributed by atoms with Crippen molar-refractivity contribution in [1.29, 1.82) is 0 Å². The van der Waals surface area contributed by atoms with Crippen LogP contribution in [0.5, 0.6) is 0 Å². The van der Waals surface area contributed by atoms with Crippen molar-refractivity contribution in [1.82, 2.24) is 4.98 Å². The second-order valence-electron chi connectivity index (χ2n) is 3.22. The highest BCUT2D eigenvalue weighted by Crippen LogP contribution is 2.21. The van der Waals surface area contributed by atoms with Crippen molar-refractivity contribution in [3.05, 3.63) is 47.7 Å². The monoisotopic (exact) mass is 250 g/mol. The van der Waals surface area contributed by atoms with Gasteiger partial charge in [0.1, 0.15) is 5.15 Å². The molecular weight excluding hydrogens is 240 g/mol. The van der Waals surface area contributed by atoms with Gasteiger partial charge in [0.25, 0.3) is 0 Å². The van der Waals surface area contributed by atoms with Gasteiger partial charge in [-0.1, -0.05) is 11.6 Å². The molecule has 0 spiro atoms. The summed E-state index contributed by atoms with van der Waals surface area (Å²) in [5, 5.41) is 3.75. The minimum Gasteiger partial charge on any atom is -0.355 e. The molecule has 0 atom stereocenters. The summed E-state index contributed by atoms with van der Waals surface area (Å²) in [6.07, 6.45) is 3.74. The number of thioether (sulfide) groups is 1. The van der Waals surface area contributed by atoms with Crippen molar-refractivity contribution in [2.45, 2.75) is 4.90 Å². The zero-order chi connectivity index (χ0) is 11.4. The van der Waals surface area contributed by atoms with Crippen molar-refractivity contribution >= 4 is 34.7 Å². The quantitative estimate of drug-likeness (QED) is 0.653. The Bertz CT molecular complexity index is 471. The standard InChI is InChI=1S/C12H11ClN2S/c1-16-11-4-2-9(3-5-11)15-10-6-7-14-12(13)8-10/h2-8H,1H3,(H,14,15). The molecule has 2 rings (SSSR count). The smallest absolute Gasteiger partial charge is 0.131 e. The SMILES string of the molecule is CSc1ccc(Nc2ccnc(Cl)c2)cc1. The first-order chi connectivity index (χ1) is 7.78. The van der Waals surface area contributed by atoms with Crippen LogP contribution in [0.2, 0.25) is 5.15 Å². The third kappa shape index (κ3) is 2.90. The highest BCUT2D eigenvalue weighted by molar-refractivity contribution is 7.98. The second-order valence-corrected chi connectivity index (χ2v) is 4.49. The Morgan fingerprint density at radius 3 is 2.50 bits per heavy atom. The van der Waals surface area contributed by atoms with Gasteiger partial charge in [0.15, 0.2) is 0 Å². The normalized spacial score (nSPS) is 10.1. The summed E-state index contributed by atoms with van der Waals surface area (Å²) in [6, 6.07) is 11.9. The predicted octanol–water partition coefficient (Wildman–Crippen LogP) is 4.20. The van der Waals surface area contributed by atoms with E-state index in [-0.39, 0.29) is 0 Å². The summed E-state index contributed by atoms with van der Waals surface area (Å²) in [4.78, 5) is 5.18. The average Bonchev–Trinajstić information content (AvgIpc) is 2.30. The maximum absolute atomic E-state index is 5.80. The number of nitrogens with one attached hydrogen (secondary N) is 1. The molecule has 1 aromatic heterocycles. The first-order valence-corrected chi connectivity index (χ1v) is 6.41. The van der Waals surface area contributed by atoms with E-state index in [1.165, 1.54) is 4.90 Å². The van der Waals surface area contributed by atoms with Gasteiger partial charge < -0.3 is 5.32 Å². The Balaban J connectivity index is 2.14. The van der Waals surface area contributed by atoms with Crippen molar-refractivity contribution in [2.24, 2.45) is 0 Å². The minimum absolute atomic E-state index is 0.491. The van der Waals surface area contributed by atoms with E-state index in [2.05, 4.69) is 28.7 Å². The first-order valence-electron chi connectivity index (χ1n) is 4.80. The fourth-order valence-corrected chi connectivity index (χ4v) is 1.90. The van der Waals surface area contributed by atoms with Crippen LogP contribution >= 0.6 is 23.4 Å². The molecule has 1 N–H and O–H groups in total. The van der Waals surface area contributed by atoms with Crippen molar-refractivity contribution in [3.8, 4) is 0 Å². The molecule has 0 saturated carbocycles. The topological polar surface area (TPSA) is 24.9 Å². The molecule has 0 saturated heterocycles. The lowest BCUT2D eigenvalue weighted by Crippen LogP contribution is -1.90. The average molecular weight is 251 g/mol. The Morgan fingerprint density at radius 1 is 1.12 bits per heavy atom. The van der Waals surface area contributed by atoms with Crippen molar-refractivity contribution < 1.29 is 0 Å². The maximum Gasteiger partial charge on any atom is 0.131 e. The van der Waals surface area contributed by atoms with Gasteiger partial charge in [-0.3, -0.25) is 0 Å². The number of hydrogen-bond donors (Lipinski definition) is 1. The van der Waals surface area contributed by atoms with Crippen LogP contribution in [-0.4, -0.2) is 11.2 Å². The lowest BCUT2D eigenvalue weighted by atomic mass is 10.3. The van der Waals surface area contributed by atoms with E-state index in [9.17, 15) is 0 Å². The number of benzene rings is 1. The van der Waals surface area contributed by atoms with Gasteiger partial charge in [-0.05, 0) is 42.7 Å². The first kappa shape index (κ1) is 11.3. The van der Waals surface area contributed by atoms with Gasteiger partial charge in [-0.2, -0.15) is 0 Å². The molecule has 0 aliphatic rings. The molecule has 0 amide bonds. The van der Waals surface area contributed by atoms with E-state index in [1.54, 1.807) is 24.0 Å². The fourth-order valence-electron chi connectivity index (χ4n) is 1.32. The third-order valence-corrected chi connectivity index (χ3v) is 3.06. The molecular formula is C12H11ClN2S. The van der Waals surface area contributed by atoms with E-state index in [0.29, 0.717) is 5.15 Å². The number of hydrogen-bond acceptors (Lipinski definition) is 3. The number of rotatable bonds is 3. The Kier molecular flexibility index (Phi) is 3.70. The van der Waals surface area contributed by atoms with Crippen LogP contribution in [0.25, 0.3) is 0 Å². The zero-order valence-electron chi connectivity index (χ0n) is 8.77. The molecule has 0 fully saturated rings. The third-order valence-electron chi connectivity index (χ3n) is 2.11. The molecule has 0 aliphatic heterocycles. The van der Waals surface area contributed by atoms with E-state index < -0.39 is 0 Å². The molecule has 0 unspecified atom stereocenters. The predicted molar refractivity (Wildman–Crippen MR) is 70.8 cm³/mol.